The molecule has 0 aromatic rings. The lowest BCUT2D eigenvalue weighted by molar-refractivity contribution is 0.451. The van der Waals surface area contributed by atoms with Crippen LogP contribution in [0, 0.1) is 0 Å². The minimum absolute atomic E-state index is 0.167. The predicted octanol–water partition coefficient (Wildman–Crippen LogP) is 1.01. The Balaban J connectivity index is 1.95. The summed E-state index contributed by atoms with van der Waals surface area (Å²) in [4.78, 5) is 0. The highest BCUT2D eigenvalue weighted by atomic mass is 31.2. The van der Waals surface area contributed by atoms with Crippen LogP contribution in [0.5, 0.6) is 0 Å². The fourth-order valence-corrected chi connectivity index (χ4v) is 7.00. The van der Waals surface area contributed by atoms with Gasteiger partial charge in [-0.2, -0.15) is 0 Å². The van der Waals surface area contributed by atoms with Gasteiger partial charge in [0.1, 0.15) is 0 Å². The van der Waals surface area contributed by atoms with E-state index in [1.165, 1.54) is 12.3 Å². The van der Waals surface area contributed by atoms with Crippen LogP contribution < -0.4 is 5.32 Å². The summed E-state index contributed by atoms with van der Waals surface area (Å²) in [6, 6.07) is 0. The van der Waals surface area contributed by atoms with Gasteiger partial charge in [-0.25, -0.2) is 0 Å². The van der Waals surface area contributed by atoms with E-state index in [0.717, 1.165) is 0 Å². The molecular formula is C7H15NP+. The van der Waals surface area contributed by atoms with Gasteiger partial charge in [0.05, 0.1) is 30.2 Å². The van der Waals surface area contributed by atoms with Crippen molar-refractivity contribution < 1.29 is 0 Å². The number of nitrogens with one attached hydrogen (secondary N) is 1. The first-order chi connectivity index (χ1) is 4.18. The molecule has 1 N–H and O–H groups in total. The van der Waals surface area contributed by atoms with Crippen LogP contribution in [-0.4, -0.2) is 37.2 Å². The van der Waals surface area contributed by atoms with Gasteiger partial charge in [-0.15, -0.1) is 0 Å². The molecule has 9 heavy (non-hydrogen) atoms. The lowest BCUT2D eigenvalue weighted by atomic mass is 10.1. The van der Waals surface area contributed by atoms with Gasteiger partial charge in [0.15, 0.2) is 0 Å². The summed E-state index contributed by atoms with van der Waals surface area (Å²) in [6.07, 6.45) is 6.31. The monoisotopic (exact) mass is 144 g/mol. The summed E-state index contributed by atoms with van der Waals surface area (Å²) in [5.41, 5.74) is 0.560. The summed E-state index contributed by atoms with van der Waals surface area (Å²) >= 11 is 0. The Morgan fingerprint density at radius 2 is 1.89 bits per heavy atom. The van der Waals surface area contributed by atoms with E-state index in [1.54, 1.807) is 12.3 Å². The molecule has 0 aromatic heterocycles. The molecule has 2 rings (SSSR count). The summed E-state index contributed by atoms with van der Waals surface area (Å²) in [5, 5.41) is 3.40. The Kier molecular flexibility index (Phi) is 1.03. The third kappa shape index (κ3) is 0.824. The van der Waals surface area contributed by atoms with Gasteiger partial charge in [0, 0.05) is 7.26 Å². The standard InChI is InChI=1S/C7H15NP/c1-7(8-2)5-9(6-7)3-4-9/h8H,3-6H2,1-2H3/q+1. The van der Waals surface area contributed by atoms with E-state index in [9.17, 15) is 0 Å². The zero-order chi connectivity index (χ0) is 6.54. The number of rotatable bonds is 1. The van der Waals surface area contributed by atoms with Crippen molar-refractivity contribution in [2.45, 2.75) is 12.5 Å². The number of hydrogen-bond donors (Lipinski definition) is 1. The Bertz CT molecular complexity index is 132. The summed E-state index contributed by atoms with van der Waals surface area (Å²) in [7, 11) is 1.93. The SMILES string of the molecule is CNC1(C)C[P+]2(CC2)C1. The van der Waals surface area contributed by atoms with Gasteiger partial charge in [0.25, 0.3) is 0 Å². The molecule has 0 unspecified atom stereocenters. The van der Waals surface area contributed by atoms with Crippen LogP contribution in [0.2, 0.25) is 0 Å². The van der Waals surface area contributed by atoms with Gasteiger partial charge in [-0.3, -0.25) is 0 Å². The highest BCUT2D eigenvalue weighted by Crippen LogP contribution is 2.80. The van der Waals surface area contributed by atoms with E-state index in [2.05, 4.69) is 19.3 Å². The van der Waals surface area contributed by atoms with Crippen LogP contribution in [-0.2, 0) is 0 Å². The zero-order valence-electron chi connectivity index (χ0n) is 6.28. The van der Waals surface area contributed by atoms with Crippen LogP contribution in [0.1, 0.15) is 6.92 Å². The zero-order valence-corrected chi connectivity index (χ0v) is 7.17. The van der Waals surface area contributed by atoms with Gasteiger partial charge < -0.3 is 5.32 Å². The maximum Gasteiger partial charge on any atom is 0.0932 e. The van der Waals surface area contributed by atoms with E-state index in [-0.39, 0.29) is 7.26 Å². The molecule has 2 fully saturated rings. The maximum absolute atomic E-state index is 3.40. The average Bonchev–Trinajstić information content (AvgIpc) is 2.46. The minimum Gasteiger partial charge on any atom is -0.308 e. The summed E-state index contributed by atoms with van der Waals surface area (Å²) in [6.45, 7) is 2.36. The van der Waals surface area contributed by atoms with Gasteiger partial charge in [-0.05, 0) is 14.0 Å². The second-order valence-corrected chi connectivity index (χ2v) is 8.13. The first kappa shape index (κ1) is 6.12. The van der Waals surface area contributed by atoms with Crippen LogP contribution in [0.25, 0.3) is 0 Å². The first-order valence-corrected chi connectivity index (χ1v) is 6.25. The molecule has 0 aromatic carbocycles. The molecule has 1 nitrogen and oxygen atoms in total. The molecule has 2 heteroatoms. The smallest absolute Gasteiger partial charge is 0.0932 e. The normalized spacial score (nSPS) is 34.0. The fraction of sp³-hybridized carbons (Fsp3) is 1.00. The van der Waals surface area contributed by atoms with Crippen molar-refractivity contribution in [3.63, 3.8) is 0 Å². The van der Waals surface area contributed by atoms with Crippen molar-refractivity contribution in [3.05, 3.63) is 0 Å². The lowest BCUT2D eigenvalue weighted by Crippen LogP contribution is -2.53. The second kappa shape index (κ2) is 1.52. The summed E-state index contributed by atoms with van der Waals surface area (Å²) in [5.74, 6) is 0. The quantitative estimate of drug-likeness (QED) is 0.541. The van der Waals surface area contributed by atoms with Crippen molar-refractivity contribution in [1.82, 2.24) is 5.32 Å². The Morgan fingerprint density at radius 3 is 2.22 bits per heavy atom. The topological polar surface area (TPSA) is 12.0 Å². The highest BCUT2D eigenvalue weighted by molar-refractivity contribution is 7.84. The minimum atomic E-state index is -0.167. The molecule has 0 saturated carbocycles. The molecular weight excluding hydrogens is 129 g/mol. The average molecular weight is 144 g/mol. The third-order valence-electron chi connectivity index (χ3n) is 2.83. The van der Waals surface area contributed by atoms with Crippen molar-refractivity contribution >= 4 is 7.26 Å². The van der Waals surface area contributed by atoms with Gasteiger partial charge in [-0.1, -0.05) is 0 Å². The van der Waals surface area contributed by atoms with Crippen molar-refractivity contribution in [1.29, 1.82) is 0 Å². The predicted molar refractivity (Wildman–Crippen MR) is 43.9 cm³/mol. The van der Waals surface area contributed by atoms with Crippen molar-refractivity contribution in [2.24, 2.45) is 0 Å². The largest absolute Gasteiger partial charge is 0.308 e. The summed E-state index contributed by atoms with van der Waals surface area (Å²) < 4.78 is 0. The highest BCUT2D eigenvalue weighted by Gasteiger charge is 2.66. The van der Waals surface area contributed by atoms with E-state index >= 15 is 0 Å². The third-order valence-corrected chi connectivity index (χ3v) is 7.28. The van der Waals surface area contributed by atoms with Crippen LogP contribution in [0.15, 0.2) is 0 Å². The molecule has 2 heterocycles. The van der Waals surface area contributed by atoms with E-state index in [1.807, 2.05) is 0 Å². The molecule has 2 aliphatic heterocycles. The molecule has 0 aliphatic carbocycles. The van der Waals surface area contributed by atoms with E-state index in [0.29, 0.717) is 5.54 Å². The second-order valence-electron chi connectivity index (χ2n) is 3.92. The molecule has 0 atom stereocenters. The fourth-order valence-electron chi connectivity index (χ4n) is 2.05. The van der Waals surface area contributed by atoms with Gasteiger partial charge in [0.2, 0.25) is 0 Å². The van der Waals surface area contributed by atoms with Crippen LogP contribution in [0.3, 0.4) is 0 Å². The van der Waals surface area contributed by atoms with Gasteiger partial charge >= 0.3 is 0 Å². The molecule has 0 radical (unpaired) electrons. The molecule has 1 spiro atoms. The van der Waals surface area contributed by atoms with Crippen LogP contribution >= 0.6 is 7.26 Å². The van der Waals surface area contributed by atoms with Crippen molar-refractivity contribution in [2.75, 3.05) is 31.7 Å². The molecule has 0 bridgehead atoms. The lowest BCUT2D eigenvalue weighted by Gasteiger charge is -2.39. The Hall–Kier alpha value is 0.390. The van der Waals surface area contributed by atoms with E-state index < -0.39 is 0 Å². The number of hydrogen-bond acceptors (Lipinski definition) is 1. The molecule has 2 aliphatic rings. The Morgan fingerprint density at radius 1 is 1.33 bits per heavy atom. The van der Waals surface area contributed by atoms with Crippen LogP contribution in [0.4, 0.5) is 0 Å². The molecule has 0 amide bonds. The Labute approximate surface area is 57.6 Å². The molecule has 52 valence electrons. The molecule has 2 saturated heterocycles. The maximum atomic E-state index is 3.40. The van der Waals surface area contributed by atoms with Crippen molar-refractivity contribution in [3.8, 4) is 0 Å². The van der Waals surface area contributed by atoms with E-state index in [4.69, 9.17) is 0 Å². The first-order valence-electron chi connectivity index (χ1n) is 3.72.